The van der Waals surface area contributed by atoms with Crippen molar-refractivity contribution in [3.05, 3.63) is 22.4 Å². The fraction of sp³-hybridized carbons (Fsp3) is 0.250. The van der Waals surface area contributed by atoms with Crippen molar-refractivity contribution >= 4 is 15.9 Å². The van der Waals surface area contributed by atoms with Gasteiger partial charge in [-0.15, -0.1) is 0 Å². The summed E-state index contributed by atoms with van der Waals surface area (Å²) in [5.41, 5.74) is 0. The van der Waals surface area contributed by atoms with Crippen molar-refractivity contribution in [1.82, 2.24) is 0 Å². The van der Waals surface area contributed by atoms with Gasteiger partial charge in [0, 0.05) is 4.47 Å². The average Bonchev–Trinajstić information content (AvgIpc) is 2.08. The van der Waals surface area contributed by atoms with E-state index >= 15 is 0 Å². The normalized spacial score (nSPS) is 9.67. The first-order valence-corrected chi connectivity index (χ1v) is 4.05. The topological polar surface area (TPSA) is 18.5 Å². The van der Waals surface area contributed by atoms with Crippen LogP contribution in [0.25, 0.3) is 0 Å². The highest BCUT2D eigenvalue weighted by Gasteiger charge is 2.10. The molecule has 0 spiro atoms. The van der Waals surface area contributed by atoms with Gasteiger partial charge in [0.25, 0.3) is 0 Å². The van der Waals surface area contributed by atoms with Crippen LogP contribution >= 0.6 is 15.9 Å². The van der Waals surface area contributed by atoms with Crippen LogP contribution in [0.2, 0.25) is 0 Å². The molecule has 0 N–H and O–H groups in total. The molecule has 66 valence electrons. The van der Waals surface area contributed by atoms with E-state index in [0.717, 1.165) is 4.47 Å². The van der Waals surface area contributed by atoms with E-state index in [1.54, 1.807) is 0 Å². The van der Waals surface area contributed by atoms with Crippen molar-refractivity contribution in [2.45, 2.75) is 0 Å². The Morgan fingerprint density at radius 3 is 1.92 bits per heavy atom. The van der Waals surface area contributed by atoms with Crippen LogP contribution in [0.15, 0.2) is 16.6 Å². The molecule has 0 unspecified atom stereocenters. The number of halogens is 2. The molecule has 0 atom stereocenters. The van der Waals surface area contributed by atoms with Gasteiger partial charge in [0.1, 0.15) is 0 Å². The van der Waals surface area contributed by atoms with Crippen molar-refractivity contribution in [2.24, 2.45) is 0 Å². The number of rotatable bonds is 2. The molecule has 0 bridgehead atoms. The van der Waals surface area contributed by atoms with Crippen molar-refractivity contribution in [2.75, 3.05) is 14.2 Å². The third-order valence-electron chi connectivity index (χ3n) is 1.41. The number of hydrogen-bond acceptors (Lipinski definition) is 2. The Morgan fingerprint density at radius 1 is 1.17 bits per heavy atom. The van der Waals surface area contributed by atoms with E-state index in [1.165, 1.54) is 26.4 Å². The maximum Gasteiger partial charge on any atom is 0.206 e. The van der Waals surface area contributed by atoms with Crippen LogP contribution < -0.4 is 9.47 Å². The molecule has 0 saturated carbocycles. The lowest BCUT2D eigenvalue weighted by molar-refractivity contribution is 0.350. The van der Waals surface area contributed by atoms with Crippen LogP contribution in [0.4, 0.5) is 4.39 Å². The van der Waals surface area contributed by atoms with Crippen molar-refractivity contribution in [3.63, 3.8) is 0 Å². The molecule has 0 fully saturated rings. The van der Waals surface area contributed by atoms with Gasteiger partial charge in [0.05, 0.1) is 14.2 Å². The molecule has 0 amide bonds. The highest BCUT2D eigenvalue weighted by molar-refractivity contribution is 9.10. The lowest BCUT2D eigenvalue weighted by atomic mass is 10.3. The quantitative estimate of drug-likeness (QED) is 0.784. The van der Waals surface area contributed by atoms with Crippen molar-refractivity contribution in [3.8, 4) is 11.5 Å². The molecule has 0 aromatic heterocycles. The minimum atomic E-state index is -0.483. The standard InChI is InChI=1S/C8H8BrFO2/c1-11-6-3-5(9)4-7(12-2)8(6)10/h3-4H,1-2H3. The van der Waals surface area contributed by atoms with Gasteiger partial charge in [0.15, 0.2) is 11.5 Å². The van der Waals surface area contributed by atoms with Crippen LogP contribution in [0.5, 0.6) is 11.5 Å². The summed E-state index contributed by atoms with van der Waals surface area (Å²) in [6.07, 6.45) is 0. The van der Waals surface area contributed by atoms with Crippen LogP contribution in [-0.2, 0) is 0 Å². The van der Waals surface area contributed by atoms with Gasteiger partial charge >= 0.3 is 0 Å². The zero-order valence-corrected chi connectivity index (χ0v) is 8.31. The summed E-state index contributed by atoms with van der Waals surface area (Å²) < 4.78 is 23.5. The Balaban J connectivity index is 3.22. The third-order valence-corrected chi connectivity index (χ3v) is 1.87. The third kappa shape index (κ3) is 1.69. The van der Waals surface area contributed by atoms with Crippen LogP contribution in [0.1, 0.15) is 0 Å². The summed E-state index contributed by atoms with van der Waals surface area (Å²) in [6, 6.07) is 3.08. The minimum Gasteiger partial charge on any atom is -0.493 e. The first-order valence-electron chi connectivity index (χ1n) is 3.26. The summed E-state index contributed by atoms with van der Waals surface area (Å²) in [6.45, 7) is 0. The van der Waals surface area contributed by atoms with Gasteiger partial charge in [-0.25, -0.2) is 0 Å². The molecule has 1 aromatic carbocycles. The van der Waals surface area contributed by atoms with Crippen LogP contribution in [-0.4, -0.2) is 14.2 Å². The second kappa shape index (κ2) is 3.76. The van der Waals surface area contributed by atoms with Gasteiger partial charge in [-0.3, -0.25) is 0 Å². The van der Waals surface area contributed by atoms with E-state index in [0.29, 0.717) is 0 Å². The molecule has 0 saturated heterocycles. The number of hydrogen-bond donors (Lipinski definition) is 0. The first-order chi connectivity index (χ1) is 5.69. The van der Waals surface area contributed by atoms with Gasteiger partial charge < -0.3 is 9.47 Å². The van der Waals surface area contributed by atoms with Crippen molar-refractivity contribution < 1.29 is 13.9 Å². The summed E-state index contributed by atoms with van der Waals surface area (Å²) in [4.78, 5) is 0. The molecule has 0 heterocycles. The monoisotopic (exact) mass is 234 g/mol. The molecule has 0 radical (unpaired) electrons. The molecule has 2 nitrogen and oxygen atoms in total. The second-order valence-electron chi connectivity index (χ2n) is 2.12. The van der Waals surface area contributed by atoms with E-state index in [9.17, 15) is 4.39 Å². The zero-order chi connectivity index (χ0) is 9.14. The molecule has 0 aliphatic carbocycles. The predicted molar refractivity (Wildman–Crippen MR) is 47.2 cm³/mol. The number of methoxy groups -OCH3 is 2. The maximum atomic E-state index is 13.2. The molecular weight excluding hydrogens is 227 g/mol. The summed E-state index contributed by atoms with van der Waals surface area (Å²) >= 11 is 3.20. The van der Waals surface area contributed by atoms with Gasteiger partial charge in [-0.1, -0.05) is 15.9 Å². The second-order valence-corrected chi connectivity index (χ2v) is 3.04. The summed E-state index contributed by atoms with van der Waals surface area (Å²) in [7, 11) is 2.81. The fourth-order valence-corrected chi connectivity index (χ4v) is 1.25. The van der Waals surface area contributed by atoms with Gasteiger partial charge in [-0.05, 0) is 12.1 Å². The van der Waals surface area contributed by atoms with E-state index in [4.69, 9.17) is 9.47 Å². The zero-order valence-electron chi connectivity index (χ0n) is 6.73. The number of benzene rings is 1. The molecular formula is C8H8BrFO2. The largest absolute Gasteiger partial charge is 0.493 e. The molecule has 1 aromatic rings. The average molecular weight is 235 g/mol. The Kier molecular flexibility index (Phi) is 2.92. The van der Waals surface area contributed by atoms with E-state index in [-0.39, 0.29) is 11.5 Å². The predicted octanol–water partition coefficient (Wildman–Crippen LogP) is 2.61. The Morgan fingerprint density at radius 2 is 1.58 bits per heavy atom. The van der Waals surface area contributed by atoms with Crippen molar-refractivity contribution in [1.29, 1.82) is 0 Å². The maximum absolute atomic E-state index is 13.2. The molecule has 0 aliphatic heterocycles. The van der Waals surface area contributed by atoms with E-state index < -0.39 is 5.82 Å². The lowest BCUT2D eigenvalue weighted by Crippen LogP contribution is -1.93. The van der Waals surface area contributed by atoms with Crippen LogP contribution in [0.3, 0.4) is 0 Å². The van der Waals surface area contributed by atoms with E-state index in [1.807, 2.05) is 0 Å². The molecule has 12 heavy (non-hydrogen) atoms. The minimum absolute atomic E-state index is 0.168. The Labute approximate surface area is 78.4 Å². The summed E-state index contributed by atoms with van der Waals surface area (Å²) in [5.74, 6) is -0.148. The highest BCUT2D eigenvalue weighted by atomic mass is 79.9. The lowest BCUT2D eigenvalue weighted by Gasteiger charge is -2.06. The Hall–Kier alpha value is -0.770. The number of ether oxygens (including phenoxy) is 2. The summed E-state index contributed by atoms with van der Waals surface area (Å²) in [5, 5.41) is 0. The van der Waals surface area contributed by atoms with E-state index in [2.05, 4.69) is 15.9 Å². The fourth-order valence-electron chi connectivity index (χ4n) is 0.837. The van der Waals surface area contributed by atoms with Crippen LogP contribution in [0, 0.1) is 5.82 Å². The molecule has 0 aliphatic rings. The SMILES string of the molecule is COc1cc(Br)cc(OC)c1F. The van der Waals surface area contributed by atoms with Gasteiger partial charge in [0.2, 0.25) is 5.82 Å². The highest BCUT2D eigenvalue weighted by Crippen LogP contribution is 2.30. The smallest absolute Gasteiger partial charge is 0.206 e. The Bertz CT molecular complexity index is 263. The first kappa shape index (κ1) is 9.32. The molecule has 4 heteroatoms. The van der Waals surface area contributed by atoms with Gasteiger partial charge in [-0.2, -0.15) is 4.39 Å². The molecule has 1 rings (SSSR count).